The van der Waals surface area contributed by atoms with Gasteiger partial charge in [0.2, 0.25) is 0 Å². The van der Waals surface area contributed by atoms with E-state index in [1.165, 1.54) is 0 Å². The van der Waals surface area contributed by atoms with Gasteiger partial charge in [0.1, 0.15) is 5.82 Å². The Hall–Kier alpha value is -3.55. The number of H-pyrrole nitrogens is 1. The molecule has 0 bridgehead atoms. The van der Waals surface area contributed by atoms with E-state index in [0.717, 1.165) is 16.6 Å². The average molecular weight is 361 g/mol. The molecule has 0 atom stereocenters. The van der Waals surface area contributed by atoms with Crippen LogP contribution in [-0.2, 0) is 6.54 Å². The van der Waals surface area contributed by atoms with E-state index >= 15 is 0 Å². The highest BCUT2D eigenvalue weighted by atomic mass is 16.1. The summed E-state index contributed by atoms with van der Waals surface area (Å²) in [6.07, 6.45) is 0. The van der Waals surface area contributed by atoms with Gasteiger partial charge in [0.05, 0.1) is 23.6 Å². The summed E-state index contributed by atoms with van der Waals surface area (Å²) in [7, 11) is 0. The average Bonchev–Trinajstić information content (AvgIpc) is 3.33. The highest BCUT2D eigenvalue weighted by Gasteiger charge is 2.14. The monoisotopic (exact) mass is 361 g/mol. The number of imidazole rings is 1. The Kier molecular flexibility index (Phi) is 4.37. The number of carbonyl (C=O) groups is 1. The van der Waals surface area contributed by atoms with E-state index in [0.29, 0.717) is 23.8 Å². The number of fused-ring (bicyclic) bond motifs is 1. The van der Waals surface area contributed by atoms with Gasteiger partial charge >= 0.3 is 0 Å². The molecule has 0 saturated carbocycles. The molecule has 0 fully saturated rings. The molecule has 0 radical (unpaired) electrons. The summed E-state index contributed by atoms with van der Waals surface area (Å²) in [5.41, 5.74) is 3.17. The maximum atomic E-state index is 12.6. The molecule has 8 heteroatoms. The fourth-order valence-electron chi connectivity index (χ4n) is 2.89. The van der Waals surface area contributed by atoms with E-state index in [1.54, 1.807) is 16.8 Å². The lowest BCUT2D eigenvalue weighted by Gasteiger charge is -2.09. The third kappa shape index (κ3) is 3.41. The van der Waals surface area contributed by atoms with Crippen LogP contribution in [0.2, 0.25) is 0 Å². The number of tetrazole rings is 1. The number of nitrogens with one attached hydrogen (secondary N) is 2. The lowest BCUT2D eigenvalue weighted by Crippen LogP contribution is -2.23. The second-order valence-corrected chi connectivity index (χ2v) is 6.50. The van der Waals surface area contributed by atoms with Gasteiger partial charge in [-0.05, 0) is 48.5 Å². The number of carbonyl (C=O) groups excluding carboxylic acids is 1. The smallest absolute Gasteiger partial charge is 0.251 e. The Morgan fingerprint density at radius 1 is 1.19 bits per heavy atom. The molecule has 27 heavy (non-hydrogen) atoms. The summed E-state index contributed by atoms with van der Waals surface area (Å²) in [6.45, 7) is 4.33. The number of hydrogen-bond donors (Lipinski definition) is 2. The Balaban J connectivity index is 1.51. The van der Waals surface area contributed by atoms with E-state index < -0.39 is 0 Å². The lowest BCUT2D eigenvalue weighted by molar-refractivity contribution is 0.0950. The van der Waals surface area contributed by atoms with Gasteiger partial charge in [-0.3, -0.25) is 4.79 Å². The van der Waals surface area contributed by atoms with Gasteiger partial charge in [0, 0.05) is 11.1 Å². The van der Waals surface area contributed by atoms with E-state index in [4.69, 9.17) is 0 Å². The highest BCUT2D eigenvalue weighted by molar-refractivity contribution is 5.95. The Morgan fingerprint density at radius 3 is 2.85 bits per heavy atom. The molecular weight excluding hydrogens is 342 g/mol. The molecule has 1 amide bonds. The van der Waals surface area contributed by atoms with Crippen molar-refractivity contribution in [1.82, 2.24) is 35.5 Å². The Morgan fingerprint density at radius 2 is 2.04 bits per heavy atom. The summed E-state index contributed by atoms with van der Waals surface area (Å²) in [5, 5.41) is 14.7. The van der Waals surface area contributed by atoms with Gasteiger partial charge in [0.25, 0.3) is 5.91 Å². The third-order valence-electron chi connectivity index (χ3n) is 4.22. The van der Waals surface area contributed by atoms with Crippen LogP contribution in [0, 0.1) is 0 Å². The summed E-state index contributed by atoms with van der Waals surface area (Å²) >= 11 is 0. The van der Waals surface area contributed by atoms with Gasteiger partial charge in [-0.15, -0.1) is 5.10 Å². The van der Waals surface area contributed by atoms with Crippen LogP contribution in [0.1, 0.15) is 36.1 Å². The predicted molar refractivity (Wildman–Crippen MR) is 101 cm³/mol. The van der Waals surface area contributed by atoms with Crippen molar-refractivity contribution >= 4 is 16.9 Å². The fraction of sp³-hybridized carbons (Fsp3) is 0.211. The van der Waals surface area contributed by atoms with E-state index in [2.05, 4.69) is 30.8 Å². The second kappa shape index (κ2) is 6.99. The zero-order valence-electron chi connectivity index (χ0n) is 15.0. The number of para-hydroxylation sites is 2. The minimum Gasteiger partial charge on any atom is -0.345 e. The highest BCUT2D eigenvalue weighted by Crippen LogP contribution is 2.20. The minimum atomic E-state index is -0.180. The van der Waals surface area contributed by atoms with Crippen LogP contribution in [0.25, 0.3) is 22.4 Å². The van der Waals surface area contributed by atoms with Crippen molar-refractivity contribution in [2.24, 2.45) is 0 Å². The van der Waals surface area contributed by atoms with Crippen LogP contribution in [0.15, 0.2) is 48.5 Å². The van der Waals surface area contributed by atoms with Gasteiger partial charge in [-0.1, -0.05) is 24.3 Å². The summed E-state index contributed by atoms with van der Waals surface area (Å²) in [4.78, 5) is 20.2. The molecule has 2 N–H and O–H groups in total. The summed E-state index contributed by atoms with van der Waals surface area (Å²) < 4.78 is 1.73. The largest absolute Gasteiger partial charge is 0.345 e. The predicted octanol–water partition coefficient (Wildman–Crippen LogP) is 2.73. The normalized spacial score (nSPS) is 11.2. The standard InChI is InChI=1S/C19H19N7O/c1-12(2)26-18(23-24-25-26)13-6-5-7-14(10-13)19(27)20-11-17-21-15-8-3-4-9-16(15)22-17/h3-10,12H,11H2,1-2H3,(H,20,27)(H,21,22). The van der Waals surface area contributed by atoms with Crippen LogP contribution in [0.4, 0.5) is 0 Å². The Bertz CT molecular complexity index is 1060. The first-order valence-corrected chi connectivity index (χ1v) is 8.72. The first kappa shape index (κ1) is 16.9. The number of nitrogens with zero attached hydrogens (tertiary/aromatic N) is 5. The van der Waals surface area contributed by atoms with E-state index in [-0.39, 0.29) is 11.9 Å². The maximum Gasteiger partial charge on any atom is 0.251 e. The molecule has 0 aliphatic carbocycles. The van der Waals surface area contributed by atoms with Gasteiger partial charge in [0.15, 0.2) is 5.82 Å². The molecule has 8 nitrogen and oxygen atoms in total. The molecule has 0 unspecified atom stereocenters. The minimum absolute atomic E-state index is 0.126. The van der Waals surface area contributed by atoms with Gasteiger partial charge in [-0.2, -0.15) is 0 Å². The number of aromatic nitrogens is 6. The van der Waals surface area contributed by atoms with Crippen molar-refractivity contribution in [3.05, 3.63) is 59.9 Å². The van der Waals surface area contributed by atoms with Crippen molar-refractivity contribution in [2.75, 3.05) is 0 Å². The van der Waals surface area contributed by atoms with E-state index in [1.807, 2.05) is 50.2 Å². The zero-order chi connectivity index (χ0) is 18.8. The molecule has 2 aromatic heterocycles. The zero-order valence-corrected chi connectivity index (χ0v) is 15.0. The van der Waals surface area contributed by atoms with Crippen LogP contribution >= 0.6 is 0 Å². The van der Waals surface area contributed by atoms with Crippen LogP contribution in [0.5, 0.6) is 0 Å². The van der Waals surface area contributed by atoms with Crippen molar-refractivity contribution in [1.29, 1.82) is 0 Å². The van der Waals surface area contributed by atoms with Crippen molar-refractivity contribution in [3.63, 3.8) is 0 Å². The molecular formula is C19H19N7O. The maximum absolute atomic E-state index is 12.6. The van der Waals surface area contributed by atoms with Crippen LogP contribution in [-0.4, -0.2) is 36.1 Å². The number of rotatable bonds is 5. The Labute approximate surface area is 155 Å². The van der Waals surface area contributed by atoms with Gasteiger partial charge < -0.3 is 10.3 Å². The van der Waals surface area contributed by atoms with E-state index in [9.17, 15) is 4.79 Å². The number of benzene rings is 2. The summed E-state index contributed by atoms with van der Waals surface area (Å²) in [5.74, 6) is 1.17. The fourth-order valence-corrected chi connectivity index (χ4v) is 2.89. The van der Waals surface area contributed by atoms with Crippen LogP contribution in [0.3, 0.4) is 0 Å². The first-order chi connectivity index (χ1) is 13.1. The molecule has 2 aromatic carbocycles. The SMILES string of the molecule is CC(C)n1nnnc1-c1cccc(C(=O)NCc2nc3ccccc3[nH]2)c1. The number of aromatic amines is 1. The lowest BCUT2D eigenvalue weighted by atomic mass is 10.1. The molecule has 0 aliphatic heterocycles. The van der Waals surface area contributed by atoms with Gasteiger partial charge in [-0.25, -0.2) is 9.67 Å². The molecule has 4 aromatic rings. The van der Waals surface area contributed by atoms with Crippen molar-refractivity contribution in [2.45, 2.75) is 26.4 Å². The van der Waals surface area contributed by atoms with Crippen molar-refractivity contribution < 1.29 is 4.79 Å². The molecule has 0 saturated heterocycles. The molecule has 0 spiro atoms. The molecule has 0 aliphatic rings. The quantitative estimate of drug-likeness (QED) is 0.569. The molecule has 136 valence electrons. The second-order valence-electron chi connectivity index (χ2n) is 6.50. The van der Waals surface area contributed by atoms with Crippen molar-refractivity contribution in [3.8, 4) is 11.4 Å². The summed E-state index contributed by atoms with van der Waals surface area (Å²) in [6, 6.07) is 15.2. The molecule has 2 heterocycles. The molecule has 4 rings (SSSR count). The first-order valence-electron chi connectivity index (χ1n) is 8.72. The number of amides is 1. The number of hydrogen-bond acceptors (Lipinski definition) is 5. The third-order valence-corrected chi connectivity index (χ3v) is 4.22. The van der Waals surface area contributed by atoms with Crippen LogP contribution < -0.4 is 5.32 Å². The topological polar surface area (TPSA) is 101 Å².